The standard InChI is InChI=1S/C14H17FN6/c1-2-9-13(15)14(18-8-17-9)21-7-3-4-11(21)10-5-6-12(16)20-19-10/h5-6,8,11H,2-4,7H2,1H3,(H2,16,20). The first-order chi connectivity index (χ1) is 10.2. The van der Waals surface area contributed by atoms with Gasteiger partial charge < -0.3 is 10.6 Å². The maximum absolute atomic E-state index is 14.5. The SMILES string of the molecule is CCc1ncnc(N2CCCC2c2ccc(N)nn2)c1F. The normalized spacial score (nSPS) is 18.2. The number of rotatable bonds is 3. The van der Waals surface area contributed by atoms with E-state index < -0.39 is 0 Å². The van der Waals surface area contributed by atoms with Gasteiger partial charge in [-0.15, -0.1) is 5.10 Å². The second kappa shape index (κ2) is 5.59. The zero-order valence-electron chi connectivity index (χ0n) is 11.8. The molecule has 1 aliphatic heterocycles. The number of anilines is 2. The Kier molecular flexibility index (Phi) is 3.64. The van der Waals surface area contributed by atoms with E-state index in [9.17, 15) is 4.39 Å². The van der Waals surface area contributed by atoms with Gasteiger partial charge in [-0.25, -0.2) is 14.4 Å². The third kappa shape index (κ3) is 2.51. The molecule has 0 aliphatic carbocycles. The Morgan fingerprint density at radius 3 is 2.90 bits per heavy atom. The van der Waals surface area contributed by atoms with Gasteiger partial charge in [0.05, 0.1) is 17.4 Å². The van der Waals surface area contributed by atoms with Crippen LogP contribution in [0.25, 0.3) is 0 Å². The van der Waals surface area contributed by atoms with Crippen molar-refractivity contribution in [1.82, 2.24) is 20.2 Å². The zero-order chi connectivity index (χ0) is 14.8. The number of halogens is 1. The predicted octanol–water partition coefficient (Wildman–Crippen LogP) is 1.89. The molecule has 0 amide bonds. The fourth-order valence-electron chi connectivity index (χ4n) is 2.70. The van der Waals surface area contributed by atoms with E-state index in [1.165, 1.54) is 6.33 Å². The van der Waals surface area contributed by atoms with Crippen molar-refractivity contribution in [2.75, 3.05) is 17.2 Å². The van der Waals surface area contributed by atoms with Crippen LogP contribution in [0.2, 0.25) is 0 Å². The number of hydrogen-bond donors (Lipinski definition) is 1. The average molecular weight is 288 g/mol. The molecule has 2 aromatic rings. The number of nitrogens with zero attached hydrogens (tertiary/aromatic N) is 5. The van der Waals surface area contributed by atoms with Gasteiger partial charge in [0.1, 0.15) is 12.1 Å². The molecule has 0 bridgehead atoms. The summed E-state index contributed by atoms with van der Waals surface area (Å²) in [5, 5.41) is 8.01. The molecule has 1 unspecified atom stereocenters. The molecule has 0 radical (unpaired) electrons. The number of aromatic nitrogens is 4. The largest absolute Gasteiger partial charge is 0.382 e. The van der Waals surface area contributed by atoms with E-state index in [0.717, 1.165) is 25.1 Å². The minimum Gasteiger partial charge on any atom is -0.382 e. The van der Waals surface area contributed by atoms with E-state index >= 15 is 0 Å². The van der Waals surface area contributed by atoms with Crippen LogP contribution in [0.4, 0.5) is 16.0 Å². The lowest BCUT2D eigenvalue weighted by Crippen LogP contribution is -2.26. The van der Waals surface area contributed by atoms with Gasteiger partial charge >= 0.3 is 0 Å². The van der Waals surface area contributed by atoms with Crippen molar-refractivity contribution in [2.45, 2.75) is 32.2 Å². The van der Waals surface area contributed by atoms with E-state index in [1.807, 2.05) is 17.9 Å². The third-order valence-electron chi connectivity index (χ3n) is 3.75. The summed E-state index contributed by atoms with van der Waals surface area (Å²) in [5.74, 6) is 0.392. The van der Waals surface area contributed by atoms with Crippen LogP contribution in [0.5, 0.6) is 0 Å². The molecule has 0 spiro atoms. The summed E-state index contributed by atoms with van der Waals surface area (Å²) < 4.78 is 14.5. The Morgan fingerprint density at radius 2 is 2.19 bits per heavy atom. The first-order valence-electron chi connectivity index (χ1n) is 7.05. The first kappa shape index (κ1) is 13.7. The van der Waals surface area contributed by atoms with Crippen LogP contribution in [0, 0.1) is 5.82 Å². The molecule has 1 fully saturated rings. The summed E-state index contributed by atoms with van der Waals surface area (Å²) in [7, 11) is 0. The summed E-state index contributed by atoms with van der Waals surface area (Å²) in [6.45, 7) is 2.62. The van der Waals surface area contributed by atoms with Crippen LogP contribution in [-0.4, -0.2) is 26.7 Å². The third-order valence-corrected chi connectivity index (χ3v) is 3.75. The number of aryl methyl sites for hydroxylation is 1. The molecule has 1 saturated heterocycles. The minimum atomic E-state index is -0.338. The predicted molar refractivity (Wildman–Crippen MR) is 77.1 cm³/mol. The van der Waals surface area contributed by atoms with E-state index in [0.29, 0.717) is 23.8 Å². The summed E-state index contributed by atoms with van der Waals surface area (Å²) in [6.07, 6.45) is 3.81. The highest BCUT2D eigenvalue weighted by Gasteiger charge is 2.31. The van der Waals surface area contributed by atoms with E-state index in [2.05, 4.69) is 20.2 Å². The monoisotopic (exact) mass is 288 g/mol. The van der Waals surface area contributed by atoms with Crippen molar-refractivity contribution in [1.29, 1.82) is 0 Å². The van der Waals surface area contributed by atoms with Crippen molar-refractivity contribution >= 4 is 11.6 Å². The molecular formula is C14H17FN6. The maximum atomic E-state index is 14.5. The van der Waals surface area contributed by atoms with Gasteiger partial charge in [-0.2, -0.15) is 5.10 Å². The highest BCUT2D eigenvalue weighted by Crippen LogP contribution is 2.35. The molecule has 3 rings (SSSR count). The smallest absolute Gasteiger partial charge is 0.187 e. The van der Waals surface area contributed by atoms with Crippen molar-refractivity contribution in [3.05, 3.63) is 35.7 Å². The highest BCUT2D eigenvalue weighted by atomic mass is 19.1. The van der Waals surface area contributed by atoms with Crippen LogP contribution >= 0.6 is 0 Å². The van der Waals surface area contributed by atoms with Crippen LogP contribution in [0.1, 0.15) is 37.2 Å². The Labute approximate surface area is 122 Å². The fourth-order valence-corrected chi connectivity index (χ4v) is 2.70. The molecule has 7 heteroatoms. The second-order valence-electron chi connectivity index (χ2n) is 5.05. The van der Waals surface area contributed by atoms with Gasteiger partial charge in [0.2, 0.25) is 0 Å². The van der Waals surface area contributed by atoms with Crippen molar-refractivity contribution in [3.8, 4) is 0 Å². The first-order valence-corrected chi connectivity index (χ1v) is 7.05. The Bertz CT molecular complexity index is 630. The topological polar surface area (TPSA) is 80.8 Å². The second-order valence-corrected chi connectivity index (χ2v) is 5.05. The van der Waals surface area contributed by atoms with Gasteiger partial charge in [-0.1, -0.05) is 6.92 Å². The molecular weight excluding hydrogens is 271 g/mol. The summed E-state index contributed by atoms with van der Waals surface area (Å²) in [6, 6.07) is 3.53. The fraction of sp³-hybridized carbons (Fsp3) is 0.429. The van der Waals surface area contributed by atoms with Crippen LogP contribution < -0.4 is 10.6 Å². The summed E-state index contributed by atoms with van der Waals surface area (Å²) >= 11 is 0. The van der Waals surface area contributed by atoms with Crippen molar-refractivity contribution in [2.24, 2.45) is 0 Å². The quantitative estimate of drug-likeness (QED) is 0.929. The van der Waals surface area contributed by atoms with Gasteiger partial charge in [-0.05, 0) is 31.4 Å². The molecule has 6 nitrogen and oxygen atoms in total. The summed E-state index contributed by atoms with van der Waals surface area (Å²) in [4.78, 5) is 10.1. The van der Waals surface area contributed by atoms with E-state index in [-0.39, 0.29) is 11.9 Å². The lowest BCUT2D eigenvalue weighted by atomic mass is 10.1. The number of hydrogen-bond acceptors (Lipinski definition) is 6. The molecule has 1 atom stereocenters. The highest BCUT2D eigenvalue weighted by molar-refractivity contribution is 5.45. The van der Waals surface area contributed by atoms with Gasteiger partial charge in [0, 0.05) is 6.54 Å². The number of nitrogen functional groups attached to an aromatic ring is 1. The number of nitrogens with two attached hydrogens (primary N) is 1. The molecule has 0 saturated carbocycles. The van der Waals surface area contributed by atoms with Crippen molar-refractivity contribution < 1.29 is 4.39 Å². The molecule has 2 aromatic heterocycles. The lowest BCUT2D eigenvalue weighted by molar-refractivity contribution is 0.574. The van der Waals surface area contributed by atoms with Crippen LogP contribution in [-0.2, 0) is 6.42 Å². The lowest BCUT2D eigenvalue weighted by Gasteiger charge is -2.25. The average Bonchev–Trinajstić information content (AvgIpc) is 2.97. The van der Waals surface area contributed by atoms with Gasteiger partial charge in [0.25, 0.3) is 0 Å². The maximum Gasteiger partial charge on any atom is 0.187 e. The molecule has 110 valence electrons. The molecule has 2 N–H and O–H groups in total. The van der Waals surface area contributed by atoms with Crippen LogP contribution in [0.15, 0.2) is 18.5 Å². The van der Waals surface area contributed by atoms with Crippen LogP contribution in [0.3, 0.4) is 0 Å². The van der Waals surface area contributed by atoms with Crippen molar-refractivity contribution in [3.63, 3.8) is 0 Å². The summed E-state index contributed by atoms with van der Waals surface area (Å²) in [5.41, 5.74) is 6.79. The van der Waals surface area contributed by atoms with E-state index in [4.69, 9.17) is 5.73 Å². The van der Waals surface area contributed by atoms with Gasteiger partial charge in [0.15, 0.2) is 11.6 Å². The zero-order valence-corrected chi connectivity index (χ0v) is 11.8. The van der Waals surface area contributed by atoms with Gasteiger partial charge in [-0.3, -0.25) is 0 Å². The Morgan fingerprint density at radius 1 is 1.33 bits per heavy atom. The Hall–Kier alpha value is -2.31. The Balaban J connectivity index is 1.96. The molecule has 1 aliphatic rings. The minimum absolute atomic E-state index is 0.0211. The molecule has 3 heterocycles. The molecule has 21 heavy (non-hydrogen) atoms. The molecule has 0 aromatic carbocycles. The van der Waals surface area contributed by atoms with E-state index in [1.54, 1.807) is 6.07 Å².